The molecule has 1 saturated heterocycles. The lowest BCUT2D eigenvalue weighted by Crippen LogP contribution is -2.30. The van der Waals surface area contributed by atoms with E-state index in [9.17, 15) is 13.2 Å². The Labute approximate surface area is 202 Å². The Morgan fingerprint density at radius 3 is 2.24 bits per heavy atom. The Morgan fingerprint density at radius 1 is 0.912 bits per heavy atom. The normalized spacial score (nSPS) is 14.0. The highest BCUT2D eigenvalue weighted by Gasteiger charge is 2.25. The molecule has 6 nitrogen and oxygen atoms in total. The molecule has 1 amide bonds. The van der Waals surface area contributed by atoms with Crippen molar-refractivity contribution in [3.8, 4) is 0 Å². The summed E-state index contributed by atoms with van der Waals surface area (Å²) in [5.41, 5.74) is 3.83. The van der Waals surface area contributed by atoms with Crippen molar-refractivity contribution < 1.29 is 13.2 Å². The molecule has 1 aliphatic rings. The molecule has 34 heavy (non-hydrogen) atoms. The molecule has 0 unspecified atom stereocenters. The zero-order valence-corrected chi connectivity index (χ0v) is 20.5. The number of carbonyl (C=O) groups excluding carboxylic acids is 1. The molecule has 0 aliphatic carbocycles. The summed E-state index contributed by atoms with van der Waals surface area (Å²) in [5.74, 6) is -0.318. The monoisotopic (exact) mass is 477 g/mol. The van der Waals surface area contributed by atoms with Gasteiger partial charge in [0.1, 0.15) is 0 Å². The number of sulfonamides is 1. The van der Waals surface area contributed by atoms with Gasteiger partial charge in [0.25, 0.3) is 15.9 Å². The molecule has 178 valence electrons. The molecule has 1 fully saturated rings. The van der Waals surface area contributed by atoms with Gasteiger partial charge in [-0.05, 0) is 68.1 Å². The molecule has 0 aromatic heterocycles. The lowest BCUT2D eigenvalue weighted by Gasteiger charge is -2.28. The van der Waals surface area contributed by atoms with E-state index in [2.05, 4.69) is 22.3 Å². The van der Waals surface area contributed by atoms with Crippen molar-refractivity contribution in [3.05, 3.63) is 89.5 Å². The molecule has 4 rings (SSSR count). The number of rotatable bonds is 7. The maximum Gasteiger partial charge on any atom is 0.264 e. The third kappa shape index (κ3) is 5.25. The Morgan fingerprint density at radius 2 is 1.56 bits per heavy atom. The molecule has 0 spiro atoms. The topological polar surface area (TPSA) is 69.7 Å². The summed E-state index contributed by atoms with van der Waals surface area (Å²) in [4.78, 5) is 15.6. The average Bonchev–Trinajstić information content (AvgIpc) is 2.88. The first-order valence-corrected chi connectivity index (χ1v) is 13.1. The standard InChI is InChI=1S/C27H31N3O3S/c1-21-10-16-24(17-11-21)34(32,33)29(2)26-9-5-4-8-25(26)27(31)28-20-22-12-14-23(15-13-22)30-18-6-3-7-19-30/h4-5,8-17H,3,6-7,18-20H2,1-2H3,(H,28,31). The number of carbonyl (C=O) groups is 1. The van der Waals surface area contributed by atoms with Gasteiger partial charge in [-0.25, -0.2) is 8.42 Å². The predicted molar refractivity (Wildman–Crippen MR) is 137 cm³/mol. The molecule has 0 atom stereocenters. The highest BCUT2D eigenvalue weighted by atomic mass is 32.2. The van der Waals surface area contributed by atoms with Crippen LogP contribution in [0, 0.1) is 6.92 Å². The molecule has 1 N–H and O–H groups in total. The van der Waals surface area contributed by atoms with Crippen LogP contribution in [0.4, 0.5) is 11.4 Å². The Balaban J connectivity index is 1.46. The van der Waals surface area contributed by atoms with Crippen LogP contribution in [0.5, 0.6) is 0 Å². The van der Waals surface area contributed by atoms with Crippen LogP contribution in [-0.4, -0.2) is 34.5 Å². The Bertz CT molecular complexity index is 1230. The van der Waals surface area contributed by atoms with Crippen LogP contribution in [0.15, 0.2) is 77.7 Å². The summed E-state index contributed by atoms with van der Waals surface area (Å²) in [6.45, 7) is 4.45. The van der Waals surface area contributed by atoms with Crippen molar-refractivity contribution in [2.75, 3.05) is 29.3 Å². The van der Waals surface area contributed by atoms with Crippen LogP contribution in [0.2, 0.25) is 0 Å². The lowest BCUT2D eigenvalue weighted by atomic mass is 10.1. The van der Waals surface area contributed by atoms with E-state index in [1.54, 1.807) is 48.5 Å². The number of amides is 1. The van der Waals surface area contributed by atoms with E-state index < -0.39 is 10.0 Å². The van der Waals surface area contributed by atoms with E-state index in [-0.39, 0.29) is 10.8 Å². The smallest absolute Gasteiger partial charge is 0.264 e. The van der Waals surface area contributed by atoms with Gasteiger partial charge >= 0.3 is 0 Å². The quantitative estimate of drug-likeness (QED) is 0.534. The molecular formula is C27H31N3O3S. The summed E-state index contributed by atoms with van der Waals surface area (Å²) in [7, 11) is -2.33. The number of nitrogens with one attached hydrogen (secondary N) is 1. The van der Waals surface area contributed by atoms with Crippen LogP contribution >= 0.6 is 0 Å². The van der Waals surface area contributed by atoms with Crippen LogP contribution in [0.1, 0.15) is 40.7 Å². The number of benzene rings is 3. The van der Waals surface area contributed by atoms with Crippen molar-refractivity contribution in [2.45, 2.75) is 37.6 Å². The molecule has 0 saturated carbocycles. The molecule has 3 aromatic rings. The Kier molecular flexibility index (Phi) is 7.22. The number of piperidine rings is 1. The summed E-state index contributed by atoms with van der Waals surface area (Å²) in [6.07, 6.45) is 3.75. The fourth-order valence-electron chi connectivity index (χ4n) is 4.19. The van der Waals surface area contributed by atoms with Gasteiger partial charge < -0.3 is 10.2 Å². The van der Waals surface area contributed by atoms with Crippen molar-refractivity contribution >= 4 is 27.3 Å². The van der Waals surface area contributed by atoms with Gasteiger partial charge in [0.15, 0.2) is 0 Å². The number of nitrogens with zero attached hydrogens (tertiary/aromatic N) is 2. The fourth-order valence-corrected chi connectivity index (χ4v) is 5.41. The van der Waals surface area contributed by atoms with Crippen LogP contribution in [-0.2, 0) is 16.6 Å². The highest BCUT2D eigenvalue weighted by Crippen LogP contribution is 2.26. The maximum atomic E-state index is 13.2. The first kappa shape index (κ1) is 23.8. The summed E-state index contributed by atoms with van der Waals surface area (Å²) in [6, 6.07) is 21.7. The minimum atomic E-state index is -3.80. The van der Waals surface area contributed by atoms with Crippen molar-refractivity contribution in [2.24, 2.45) is 0 Å². The molecule has 7 heteroatoms. The zero-order valence-electron chi connectivity index (χ0n) is 19.7. The predicted octanol–water partition coefficient (Wildman–Crippen LogP) is 4.74. The third-order valence-corrected chi connectivity index (χ3v) is 8.06. The second kappa shape index (κ2) is 10.3. The zero-order chi connectivity index (χ0) is 24.1. The summed E-state index contributed by atoms with van der Waals surface area (Å²) < 4.78 is 27.5. The van der Waals surface area contributed by atoms with Crippen molar-refractivity contribution in [1.29, 1.82) is 0 Å². The number of anilines is 2. The molecule has 3 aromatic carbocycles. The minimum absolute atomic E-state index is 0.185. The first-order chi connectivity index (χ1) is 16.4. The fraction of sp³-hybridized carbons (Fsp3) is 0.296. The van der Waals surface area contributed by atoms with E-state index in [0.29, 0.717) is 17.8 Å². The van der Waals surface area contributed by atoms with Crippen LogP contribution in [0.25, 0.3) is 0 Å². The van der Waals surface area contributed by atoms with E-state index in [1.807, 2.05) is 19.1 Å². The van der Waals surface area contributed by atoms with Crippen molar-refractivity contribution in [3.63, 3.8) is 0 Å². The number of para-hydroxylation sites is 1. The van der Waals surface area contributed by atoms with Gasteiger partial charge in [0.05, 0.1) is 16.1 Å². The van der Waals surface area contributed by atoms with E-state index in [0.717, 1.165) is 24.2 Å². The second-order valence-electron chi connectivity index (χ2n) is 8.70. The molecular weight excluding hydrogens is 446 g/mol. The molecule has 0 bridgehead atoms. The van der Waals surface area contributed by atoms with Gasteiger partial charge in [-0.3, -0.25) is 9.10 Å². The van der Waals surface area contributed by atoms with E-state index >= 15 is 0 Å². The molecule has 0 radical (unpaired) electrons. The first-order valence-electron chi connectivity index (χ1n) is 11.6. The van der Waals surface area contributed by atoms with Gasteiger partial charge in [0.2, 0.25) is 0 Å². The van der Waals surface area contributed by atoms with Gasteiger partial charge in [-0.15, -0.1) is 0 Å². The van der Waals surface area contributed by atoms with E-state index in [1.165, 1.54) is 36.3 Å². The van der Waals surface area contributed by atoms with Gasteiger partial charge in [-0.1, -0.05) is 42.0 Å². The Hall–Kier alpha value is -3.32. The van der Waals surface area contributed by atoms with Gasteiger partial charge in [-0.2, -0.15) is 0 Å². The number of hydrogen-bond donors (Lipinski definition) is 1. The largest absolute Gasteiger partial charge is 0.372 e. The highest BCUT2D eigenvalue weighted by molar-refractivity contribution is 7.92. The minimum Gasteiger partial charge on any atom is -0.372 e. The molecule has 1 heterocycles. The summed E-state index contributed by atoms with van der Waals surface area (Å²) in [5, 5.41) is 2.93. The SMILES string of the molecule is Cc1ccc(S(=O)(=O)N(C)c2ccccc2C(=O)NCc2ccc(N3CCCCC3)cc2)cc1. The summed E-state index contributed by atoms with van der Waals surface area (Å²) >= 11 is 0. The second-order valence-corrected chi connectivity index (χ2v) is 10.7. The van der Waals surface area contributed by atoms with E-state index in [4.69, 9.17) is 0 Å². The van der Waals surface area contributed by atoms with Crippen LogP contribution < -0.4 is 14.5 Å². The van der Waals surface area contributed by atoms with Crippen molar-refractivity contribution in [1.82, 2.24) is 5.32 Å². The molecule has 1 aliphatic heterocycles. The maximum absolute atomic E-state index is 13.2. The average molecular weight is 478 g/mol. The third-order valence-electron chi connectivity index (χ3n) is 6.28. The number of aryl methyl sites for hydroxylation is 1. The number of hydrogen-bond acceptors (Lipinski definition) is 4. The van der Waals surface area contributed by atoms with Crippen LogP contribution in [0.3, 0.4) is 0 Å². The lowest BCUT2D eigenvalue weighted by molar-refractivity contribution is 0.0951. The van der Waals surface area contributed by atoms with Gasteiger partial charge in [0, 0.05) is 32.4 Å².